The van der Waals surface area contributed by atoms with E-state index in [9.17, 15) is 13.2 Å². The standard InChI is InChI=1S/C18H29N3O3S/c1-18(2,3)20-17(22)19-13-12-15-9-7-8-14-21(15)25(23,24)16-10-5-4-6-11-16/h4-6,10-11,15H,7-9,12-14H2,1-3H3,(H2,19,20,22)/t15-/m1/s1. The van der Waals surface area contributed by atoms with Gasteiger partial charge in [-0.05, 0) is 52.2 Å². The number of hydrogen-bond acceptors (Lipinski definition) is 3. The molecule has 1 fully saturated rings. The average Bonchev–Trinajstić information content (AvgIpc) is 2.54. The molecule has 140 valence electrons. The van der Waals surface area contributed by atoms with E-state index in [-0.39, 0.29) is 17.6 Å². The lowest BCUT2D eigenvalue weighted by Crippen LogP contribution is -2.48. The minimum atomic E-state index is -3.49. The van der Waals surface area contributed by atoms with Crippen LogP contribution in [0.4, 0.5) is 4.79 Å². The monoisotopic (exact) mass is 367 g/mol. The SMILES string of the molecule is CC(C)(C)NC(=O)NCC[C@H]1CCCCN1S(=O)(=O)c1ccccc1. The molecule has 0 radical (unpaired) electrons. The number of sulfonamides is 1. The second-order valence-corrected chi connectivity index (χ2v) is 9.39. The molecule has 0 bridgehead atoms. The zero-order valence-corrected chi connectivity index (χ0v) is 16.1. The predicted molar refractivity (Wildman–Crippen MR) is 98.9 cm³/mol. The van der Waals surface area contributed by atoms with Crippen molar-refractivity contribution < 1.29 is 13.2 Å². The Balaban J connectivity index is 1.98. The minimum absolute atomic E-state index is 0.0751. The van der Waals surface area contributed by atoms with Crippen LogP contribution in [0, 0.1) is 0 Å². The van der Waals surface area contributed by atoms with E-state index in [1.165, 1.54) is 0 Å². The predicted octanol–water partition coefficient (Wildman–Crippen LogP) is 2.72. The van der Waals surface area contributed by atoms with Gasteiger partial charge in [0.05, 0.1) is 4.90 Å². The summed E-state index contributed by atoms with van der Waals surface area (Å²) in [6.07, 6.45) is 3.33. The molecule has 0 unspecified atom stereocenters. The third-order valence-corrected chi connectivity index (χ3v) is 6.14. The molecule has 1 aromatic rings. The normalized spacial score (nSPS) is 19.4. The van der Waals surface area contributed by atoms with Gasteiger partial charge in [0.2, 0.25) is 10.0 Å². The summed E-state index contributed by atoms with van der Waals surface area (Å²) in [6.45, 7) is 6.75. The Morgan fingerprint density at radius 1 is 1.20 bits per heavy atom. The molecule has 0 aliphatic carbocycles. The molecule has 1 atom stereocenters. The zero-order chi connectivity index (χ0) is 18.5. The molecule has 1 aliphatic heterocycles. The van der Waals surface area contributed by atoms with Gasteiger partial charge in [0.1, 0.15) is 0 Å². The summed E-state index contributed by atoms with van der Waals surface area (Å²) in [7, 11) is -3.49. The molecule has 6 nitrogen and oxygen atoms in total. The van der Waals surface area contributed by atoms with Crippen LogP contribution in [0.3, 0.4) is 0 Å². The molecule has 7 heteroatoms. The molecular formula is C18H29N3O3S. The minimum Gasteiger partial charge on any atom is -0.338 e. The summed E-state index contributed by atoms with van der Waals surface area (Å²) in [5.41, 5.74) is -0.294. The first-order chi connectivity index (χ1) is 11.7. The van der Waals surface area contributed by atoms with E-state index in [1.807, 2.05) is 26.8 Å². The van der Waals surface area contributed by atoms with Crippen molar-refractivity contribution >= 4 is 16.1 Å². The van der Waals surface area contributed by atoms with E-state index in [0.29, 0.717) is 24.4 Å². The van der Waals surface area contributed by atoms with Gasteiger partial charge in [0, 0.05) is 24.7 Å². The van der Waals surface area contributed by atoms with E-state index in [4.69, 9.17) is 0 Å². The first-order valence-electron chi connectivity index (χ1n) is 8.83. The number of nitrogens with zero attached hydrogens (tertiary/aromatic N) is 1. The smallest absolute Gasteiger partial charge is 0.315 e. The van der Waals surface area contributed by atoms with Gasteiger partial charge in [-0.25, -0.2) is 13.2 Å². The summed E-state index contributed by atoms with van der Waals surface area (Å²) < 4.78 is 27.4. The fraction of sp³-hybridized carbons (Fsp3) is 0.611. The van der Waals surface area contributed by atoms with Crippen molar-refractivity contribution in [3.63, 3.8) is 0 Å². The maximum atomic E-state index is 12.9. The molecule has 1 aromatic carbocycles. The number of benzene rings is 1. The number of carbonyl (C=O) groups is 1. The van der Waals surface area contributed by atoms with E-state index >= 15 is 0 Å². The molecule has 1 aliphatic rings. The Kier molecular flexibility index (Phi) is 6.46. The van der Waals surface area contributed by atoms with Gasteiger partial charge in [-0.2, -0.15) is 4.31 Å². The summed E-state index contributed by atoms with van der Waals surface area (Å²) in [4.78, 5) is 12.2. The third kappa shape index (κ3) is 5.71. The molecule has 0 aromatic heterocycles. The van der Waals surface area contributed by atoms with Crippen LogP contribution >= 0.6 is 0 Å². The van der Waals surface area contributed by atoms with Crippen molar-refractivity contribution in [1.29, 1.82) is 0 Å². The lowest BCUT2D eigenvalue weighted by atomic mass is 10.0. The van der Waals surface area contributed by atoms with E-state index in [1.54, 1.807) is 28.6 Å². The molecule has 25 heavy (non-hydrogen) atoms. The largest absolute Gasteiger partial charge is 0.338 e. The molecule has 2 rings (SSSR count). The topological polar surface area (TPSA) is 78.5 Å². The molecule has 2 amide bonds. The summed E-state index contributed by atoms with van der Waals surface area (Å²) in [5.74, 6) is 0. The summed E-state index contributed by atoms with van der Waals surface area (Å²) >= 11 is 0. The van der Waals surface area contributed by atoms with Gasteiger partial charge < -0.3 is 10.6 Å². The second kappa shape index (κ2) is 8.19. The molecular weight excluding hydrogens is 338 g/mol. The van der Waals surface area contributed by atoms with Crippen LogP contribution in [-0.2, 0) is 10.0 Å². The van der Waals surface area contributed by atoms with Crippen LogP contribution in [0.5, 0.6) is 0 Å². The van der Waals surface area contributed by atoms with E-state index < -0.39 is 10.0 Å². The Morgan fingerprint density at radius 2 is 1.88 bits per heavy atom. The maximum absolute atomic E-state index is 12.9. The number of rotatable bonds is 5. The van der Waals surface area contributed by atoms with Gasteiger partial charge in [0.25, 0.3) is 0 Å². The highest BCUT2D eigenvalue weighted by atomic mass is 32.2. The third-order valence-electron chi connectivity index (χ3n) is 4.17. The molecule has 1 saturated heterocycles. The lowest BCUT2D eigenvalue weighted by molar-refractivity contribution is 0.223. The highest BCUT2D eigenvalue weighted by Crippen LogP contribution is 2.26. The van der Waals surface area contributed by atoms with Gasteiger partial charge in [-0.3, -0.25) is 0 Å². The summed E-state index contributed by atoms with van der Waals surface area (Å²) in [5, 5.41) is 5.67. The summed E-state index contributed by atoms with van der Waals surface area (Å²) in [6, 6.07) is 8.26. The van der Waals surface area contributed by atoms with Gasteiger partial charge >= 0.3 is 6.03 Å². The number of piperidine rings is 1. The molecule has 0 spiro atoms. The lowest BCUT2D eigenvalue weighted by Gasteiger charge is -2.35. The van der Waals surface area contributed by atoms with Gasteiger partial charge in [0.15, 0.2) is 0 Å². The van der Waals surface area contributed by atoms with Crippen molar-refractivity contribution in [3.05, 3.63) is 30.3 Å². The van der Waals surface area contributed by atoms with Crippen molar-refractivity contribution in [2.45, 2.75) is 62.9 Å². The quantitative estimate of drug-likeness (QED) is 0.840. The molecule has 2 N–H and O–H groups in total. The number of amides is 2. The van der Waals surface area contributed by atoms with Crippen molar-refractivity contribution in [1.82, 2.24) is 14.9 Å². The zero-order valence-electron chi connectivity index (χ0n) is 15.3. The van der Waals surface area contributed by atoms with Crippen LogP contribution in [0.2, 0.25) is 0 Å². The Morgan fingerprint density at radius 3 is 2.52 bits per heavy atom. The first-order valence-corrected chi connectivity index (χ1v) is 10.3. The van der Waals surface area contributed by atoms with Crippen molar-refractivity contribution in [2.75, 3.05) is 13.1 Å². The first kappa shape index (κ1) is 19.7. The maximum Gasteiger partial charge on any atom is 0.315 e. The second-order valence-electron chi connectivity index (χ2n) is 7.50. The fourth-order valence-corrected chi connectivity index (χ4v) is 4.79. The fourth-order valence-electron chi connectivity index (χ4n) is 3.04. The number of urea groups is 1. The number of nitrogens with one attached hydrogen (secondary N) is 2. The van der Waals surface area contributed by atoms with Crippen LogP contribution in [-0.4, -0.2) is 43.4 Å². The van der Waals surface area contributed by atoms with E-state index in [0.717, 1.165) is 19.3 Å². The van der Waals surface area contributed by atoms with E-state index in [2.05, 4.69) is 10.6 Å². The Bertz CT molecular complexity index is 669. The van der Waals surface area contributed by atoms with Crippen LogP contribution in [0.25, 0.3) is 0 Å². The van der Waals surface area contributed by atoms with Crippen LogP contribution in [0.1, 0.15) is 46.5 Å². The number of carbonyl (C=O) groups excluding carboxylic acids is 1. The highest BCUT2D eigenvalue weighted by Gasteiger charge is 2.33. The van der Waals surface area contributed by atoms with Crippen LogP contribution in [0.15, 0.2) is 35.2 Å². The Hall–Kier alpha value is -1.60. The van der Waals surface area contributed by atoms with Crippen molar-refractivity contribution in [2.24, 2.45) is 0 Å². The Labute approximate surface area is 151 Å². The van der Waals surface area contributed by atoms with Crippen molar-refractivity contribution in [3.8, 4) is 0 Å². The average molecular weight is 368 g/mol. The molecule has 0 saturated carbocycles. The van der Waals surface area contributed by atoms with Gasteiger partial charge in [-0.1, -0.05) is 24.6 Å². The highest BCUT2D eigenvalue weighted by molar-refractivity contribution is 7.89. The van der Waals surface area contributed by atoms with Gasteiger partial charge in [-0.15, -0.1) is 0 Å². The number of hydrogen-bond donors (Lipinski definition) is 2. The molecule has 1 heterocycles. The van der Waals surface area contributed by atoms with Crippen LogP contribution < -0.4 is 10.6 Å².